The quantitative estimate of drug-likeness (QED) is 0.729. The maximum Gasteiger partial charge on any atom is 0.239 e. The standard InChI is InChI=1S/C14H18N4O2/c1-2-10(8-19)18-13(20)7-15-14-11-5-3-4-6-12(11)16-9-17-14/h3-6,9-10,19H,2,7-8H2,1H3,(H,18,20)(H,15,16,17). The van der Waals surface area contributed by atoms with Crippen LogP contribution >= 0.6 is 0 Å². The van der Waals surface area contributed by atoms with Gasteiger partial charge in [0.1, 0.15) is 12.1 Å². The van der Waals surface area contributed by atoms with E-state index >= 15 is 0 Å². The van der Waals surface area contributed by atoms with Crippen molar-refractivity contribution in [2.45, 2.75) is 19.4 Å². The summed E-state index contributed by atoms with van der Waals surface area (Å²) in [5.74, 6) is 0.455. The van der Waals surface area contributed by atoms with Gasteiger partial charge in [-0.15, -0.1) is 0 Å². The van der Waals surface area contributed by atoms with Crippen LogP contribution in [0.3, 0.4) is 0 Å². The molecule has 0 fully saturated rings. The number of fused-ring (bicyclic) bond motifs is 1. The first-order valence-corrected chi connectivity index (χ1v) is 6.58. The Morgan fingerprint density at radius 2 is 2.15 bits per heavy atom. The lowest BCUT2D eigenvalue weighted by molar-refractivity contribution is -0.120. The van der Waals surface area contributed by atoms with Gasteiger partial charge in [-0.3, -0.25) is 4.79 Å². The lowest BCUT2D eigenvalue weighted by atomic mass is 10.2. The van der Waals surface area contributed by atoms with Crippen LogP contribution in [0.2, 0.25) is 0 Å². The highest BCUT2D eigenvalue weighted by molar-refractivity contribution is 5.90. The number of aliphatic hydroxyl groups excluding tert-OH is 1. The molecular weight excluding hydrogens is 256 g/mol. The summed E-state index contributed by atoms with van der Waals surface area (Å²) >= 11 is 0. The first kappa shape index (κ1) is 14.2. The van der Waals surface area contributed by atoms with E-state index in [0.717, 1.165) is 10.9 Å². The topological polar surface area (TPSA) is 87.1 Å². The fourth-order valence-electron chi connectivity index (χ4n) is 1.87. The van der Waals surface area contributed by atoms with Crippen molar-refractivity contribution in [3.63, 3.8) is 0 Å². The molecule has 1 amide bonds. The second-order valence-electron chi connectivity index (χ2n) is 4.45. The van der Waals surface area contributed by atoms with Crippen molar-refractivity contribution in [1.82, 2.24) is 15.3 Å². The van der Waals surface area contributed by atoms with E-state index in [2.05, 4.69) is 20.6 Å². The minimum Gasteiger partial charge on any atom is -0.394 e. The lowest BCUT2D eigenvalue weighted by Crippen LogP contribution is -2.40. The van der Waals surface area contributed by atoms with Crippen LogP contribution < -0.4 is 10.6 Å². The average molecular weight is 274 g/mol. The molecule has 0 spiro atoms. The van der Waals surface area contributed by atoms with Crippen LogP contribution in [0.4, 0.5) is 5.82 Å². The molecule has 1 unspecified atom stereocenters. The number of carbonyl (C=O) groups excluding carboxylic acids is 1. The van der Waals surface area contributed by atoms with Gasteiger partial charge in [-0.25, -0.2) is 9.97 Å². The zero-order valence-corrected chi connectivity index (χ0v) is 11.3. The zero-order valence-electron chi connectivity index (χ0n) is 11.3. The van der Waals surface area contributed by atoms with Crippen molar-refractivity contribution >= 4 is 22.6 Å². The Labute approximate surface area is 117 Å². The number of nitrogens with zero attached hydrogens (tertiary/aromatic N) is 2. The molecule has 106 valence electrons. The number of amides is 1. The molecule has 1 atom stereocenters. The first-order chi connectivity index (χ1) is 9.74. The summed E-state index contributed by atoms with van der Waals surface area (Å²) < 4.78 is 0. The SMILES string of the molecule is CCC(CO)NC(=O)CNc1ncnc2ccccc12. The van der Waals surface area contributed by atoms with Crippen LogP contribution in [0.1, 0.15) is 13.3 Å². The Morgan fingerprint density at radius 1 is 1.35 bits per heavy atom. The minimum atomic E-state index is -0.202. The normalized spacial score (nSPS) is 12.1. The number of aromatic nitrogens is 2. The predicted molar refractivity (Wildman–Crippen MR) is 77.3 cm³/mol. The van der Waals surface area contributed by atoms with Crippen LogP contribution in [0.25, 0.3) is 10.9 Å². The summed E-state index contributed by atoms with van der Waals surface area (Å²) in [5.41, 5.74) is 0.826. The highest BCUT2D eigenvalue weighted by Crippen LogP contribution is 2.17. The molecule has 0 aliphatic rings. The van der Waals surface area contributed by atoms with E-state index in [-0.39, 0.29) is 25.1 Å². The maximum absolute atomic E-state index is 11.8. The highest BCUT2D eigenvalue weighted by atomic mass is 16.3. The number of rotatable bonds is 6. The number of nitrogens with one attached hydrogen (secondary N) is 2. The molecule has 6 heteroatoms. The molecular formula is C14H18N4O2. The van der Waals surface area contributed by atoms with E-state index in [1.165, 1.54) is 6.33 Å². The Bertz CT molecular complexity index is 579. The van der Waals surface area contributed by atoms with E-state index < -0.39 is 0 Å². The van der Waals surface area contributed by atoms with Crippen molar-refractivity contribution < 1.29 is 9.90 Å². The van der Waals surface area contributed by atoms with Gasteiger partial charge in [0.05, 0.1) is 24.7 Å². The van der Waals surface area contributed by atoms with Gasteiger partial charge in [-0.05, 0) is 18.6 Å². The molecule has 1 aromatic heterocycles. The van der Waals surface area contributed by atoms with Crippen molar-refractivity contribution in [2.24, 2.45) is 0 Å². The molecule has 2 rings (SSSR count). The molecule has 0 aliphatic heterocycles. The van der Waals surface area contributed by atoms with E-state index in [4.69, 9.17) is 5.11 Å². The van der Waals surface area contributed by atoms with Gasteiger partial charge in [0, 0.05) is 5.39 Å². The second kappa shape index (κ2) is 6.81. The van der Waals surface area contributed by atoms with Crippen LogP contribution in [0.15, 0.2) is 30.6 Å². The van der Waals surface area contributed by atoms with Gasteiger partial charge in [-0.2, -0.15) is 0 Å². The Morgan fingerprint density at radius 3 is 2.90 bits per heavy atom. The second-order valence-corrected chi connectivity index (χ2v) is 4.45. The molecule has 0 radical (unpaired) electrons. The summed E-state index contributed by atoms with van der Waals surface area (Å²) in [7, 11) is 0. The number of carbonyl (C=O) groups is 1. The molecule has 20 heavy (non-hydrogen) atoms. The molecule has 0 bridgehead atoms. The number of benzene rings is 1. The molecule has 0 saturated carbocycles. The van der Waals surface area contributed by atoms with Gasteiger partial charge in [0.2, 0.25) is 5.91 Å². The molecule has 3 N–H and O–H groups in total. The summed E-state index contributed by atoms with van der Waals surface area (Å²) in [4.78, 5) is 20.1. The third-order valence-electron chi connectivity index (χ3n) is 3.04. The number of anilines is 1. The molecule has 1 aromatic carbocycles. The summed E-state index contributed by atoms with van der Waals surface area (Å²) in [6.07, 6.45) is 2.16. The molecule has 6 nitrogen and oxygen atoms in total. The summed E-state index contributed by atoms with van der Waals surface area (Å²) in [6.45, 7) is 1.96. The Kier molecular flexibility index (Phi) is 4.84. The van der Waals surface area contributed by atoms with E-state index in [1.807, 2.05) is 31.2 Å². The third kappa shape index (κ3) is 3.42. The number of hydrogen-bond donors (Lipinski definition) is 3. The van der Waals surface area contributed by atoms with Crippen molar-refractivity contribution in [1.29, 1.82) is 0 Å². The van der Waals surface area contributed by atoms with Gasteiger partial charge in [0.25, 0.3) is 0 Å². The number of hydrogen-bond acceptors (Lipinski definition) is 5. The third-order valence-corrected chi connectivity index (χ3v) is 3.04. The molecule has 1 heterocycles. The largest absolute Gasteiger partial charge is 0.394 e. The van der Waals surface area contributed by atoms with E-state index in [0.29, 0.717) is 12.2 Å². The van der Waals surface area contributed by atoms with Crippen LogP contribution in [0.5, 0.6) is 0 Å². The van der Waals surface area contributed by atoms with Gasteiger partial charge in [-0.1, -0.05) is 19.1 Å². The Balaban J connectivity index is 2.01. The van der Waals surface area contributed by atoms with Gasteiger partial charge >= 0.3 is 0 Å². The maximum atomic E-state index is 11.8. The summed E-state index contributed by atoms with van der Waals surface area (Å²) in [6, 6.07) is 7.39. The number of aliphatic hydroxyl groups is 1. The first-order valence-electron chi connectivity index (χ1n) is 6.58. The van der Waals surface area contributed by atoms with Crippen LogP contribution in [-0.4, -0.2) is 40.2 Å². The smallest absolute Gasteiger partial charge is 0.239 e. The Hall–Kier alpha value is -2.21. The molecule has 0 aliphatic carbocycles. The predicted octanol–water partition coefficient (Wildman–Crippen LogP) is 0.929. The fourth-order valence-corrected chi connectivity index (χ4v) is 1.87. The minimum absolute atomic E-state index is 0.0569. The van der Waals surface area contributed by atoms with Crippen molar-refractivity contribution in [2.75, 3.05) is 18.5 Å². The van der Waals surface area contributed by atoms with Gasteiger partial charge in [0.15, 0.2) is 0 Å². The zero-order chi connectivity index (χ0) is 14.4. The van der Waals surface area contributed by atoms with Crippen molar-refractivity contribution in [3.8, 4) is 0 Å². The fraction of sp³-hybridized carbons (Fsp3) is 0.357. The average Bonchev–Trinajstić information content (AvgIpc) is 2.50. The van der Waals surface area contributed by atoms with E-state index in [9.17, 15) is 4.79 Å². The van der Waals surface area contributed by atoms with E-state index in [1.54, 1.807) is 0 Å². The lowest BCUT2D eigenvalue weighted by Gasteiger charge is -2.14. The van der Waals surface area contributed by atoms with Crippen LogP contribution in [0, 0.1) is 0 Å². The van der Waals surface area contributed by atoms with Gasteiger partial charge < -0.3 is 15.7 Å². The van der Waals surface area contributed by atoms with Crippen LogP contribution in [-0.2, 0) is 4.79 Å². The monoisotopic (exact) mass is 274 g/mol. The highest BCUT2D eigenvalue weighted by Gasteiger charge is 2.10. The number of para-hydroxylation sites is 1. The molecule has 0 saturated heterocycles. The summed E-state index contributed by atoms with van der Waals surface area (Å²) in [5, 5.41) is 15.7. The van der Waals surface area contributed by atoms with Crippen molar-refractivity contribution in [3.05, 3.63) is 30.6 Å². The molecule has 2 aromatic rings.